The Morgan fingerprint density at radius 2 is 1.95 bits per heavy atom. The standard InChI is InChI=1S/C16H22N2O4/c17-15(19)12-5-7-13(8-6-12)16(20)18-9-3-11-22-14-4-1-2-10-21-14/h5-8,14H,1-4,9-11H2,(H2,17,19)(H,18,20)/t14-/m0/s1. The van der Waals surface area contributed by atoms with E-state index in [4.69, 9.17) is 15.2 Å². The molecule has 6 heteroatoms. The van der Waals surface area contributed by atoms with E-state index in [1.54, 1.807) is 24.3 Å². The zero-order valence-corrected chi connectivity index (χ0v) is 12.5. The highest BCUT2D eigenvalue weighted by Crippen LogP contribution is 2.13. The third-order valence-corrected chi connectivity index (χ3v) is 3.48. The Morgan fingerprint density at radius 3 is 2.59 bits per heavy atom. The highest BCUT2D eigenvalue weighted by molar-refractivity contribution is 5.97. The van der Waals surface area contributed by atoms with E-state index >= 15 is 0 Å². The second kappa shape index (κ2) is 8.51. The van der Waals surface area contributed by atoms with Gasteiger partial charge in [-0.1, -0.05) is 0 Å². The molecule has 120 valence electrons. The first-order valence-electron chi connectivity index (χ1n) is 7.58. The van der Waals surface area contributed by atoms with Crippen LogP contribution < -0.4 is 11.1 Å². The molecule has 0 aliphatic carbocycles. The van der Waals surface area contributed by atoms with E-state index in [0.717, 1.165) is 32.3 Å². The van der Waals surface area contributed by atoms with Crippen LogP contribution in [-0.2, 0) is 9.47 Å². The maximum Gasteiger partial charge on any atom is 0.251 e. The monoisotopic (exact) mass is 306 g/mol. The van der Waals surface area contributed by atoms with Crippen LogP contribution in [0.2, 0.25) is 0 Å². The molecule has 0 radical (unpaired) electrons. The maximum absolute atomic E-state index is 11.9. The van der Waals surface area contributed by atoms with Gasteiger partial charge in [0, 0.05) is 24.3 Å². The van der Waals surface area contributed by atoms with Gasteiger partial charge in [0.05, 0.1) is 6.61 Å². The van der Waals surface area contributed by atoms with Gasteiger partial charge >= 0.3 is 0 Å². The van der Waals surface area contributed by atoms with Gasteiger partial charge < -0.3 is 20.5 Å². The first kappa shape index (κ1) is 16.5. The number of amides is 2. The van der Waals surface area contributed by atoms with Crippen LogP contribution in [-0.4, -0.2) is 37.9 Å². The van der Waals surface area contributed by atoms with Crippen LogP contribution >= 0.6 is 0 Å². The normalized spacial score (nSPS) is 17.9. The Morgan fingerprint density at radius 1 is 1.23 bits per heavy atom. The topological polar surface area (TPSA) is 90.7 Å². The molecule has 6 nitrogen and oxygen atoms in total. The van der Waals surface area contributed by atoms with Crippen molar-refractivity contribution >= 4 is 11.8 Å². The van der Waals surface area contributed by atoms with Gasteiger partial charge in [-0.2, -0.15) is 0 Å². The number of carbonyl (C=O) groups is 2. The summed E-state index contributed by atoms with van der Waals surface area (Å²) in [6.07, 6.45) is 3.82. The summed E-state index contributed by atoms with van der Waals surface area (Å²) in [7, 11) is 0. The van der Waals surface area contributed by atoms with Crippen molar-refractivity contribution in [2.45, 2.75) is 32.0 Å². The molecule has 1 heterocycles. The first-order chi connectivity index (χ1) is 10.7. The number of nitrogens with two attached hydrogens (primary N) is 1. The minimum atomic E-state index is -0.506. The van der Waals surface area contributed by atoms with Crippen molar-refractivity contribution in [1.29, 1.82) is 0 Å². The summed E-state index contributed by atoms with van der Waals surface area (Å²) < 4.78 is 11.0. The number of primary amides is 1. The highest BCUT2D eigenvalue weighted by atomic mass is 16.7. The van der Waals surface area contributed by atoms with Crippen molar-refractivity contribution in [2.24, 2.45) is 5.73 Å². The number of rotatable bonds is 7. The molecule has 1 saturated heterocycles. The number of hydrogen-bond acceptors (Lipinski definition) is 4. The third-order valence-electron chi connectivity index (χ3n) is 3.48. The summed E-state index contributed by atoms with van der Waals surface area (Å²) in [5.74, 6) is -0.682. The van der Waals surface area contributed by atoms with E-state index in [1.165, 1.54) is 0 Å². The van der Waals surface area contributed by atoms with Crippen molar-refractivity contribution in [3.63, 3.8) is 0 Å². The molecule has 1 aliphatic rings. The highest BCUT2D eigenvalue weighted by Gasteiger charge is 2.13. The van der Waals surface area contributed by atoms with Gasteiger partial charge in [-0.3, -0.25) is 9.59 Å². The van der Waals surface area contributed by atoms with Crippen molar-refractivity contribution in [1.82, 2.24) is 5.32 Å². The fraction of sp³-hybridized carbons (Fsp3) is 0.500. The molecule has 2 amide bonds. The number of benzene rings is 1. The summed E-state index contributed by atoms with van der Waals surface area (Å²) >= 11 is 0. The molecule has 0 unspecified atom stereocenters. The SMILES string of the molecule is NC(=O)c1ccc(C(=O)NCCCO[C@H]2CCCCO2)cc1. The molecule has 3 N–H and O–H groups in total. The Bertz CT molecular complexity index is 495. The molecule has 0 spiro atoms. The minimum Gasteiger partial charge on any atom is -0.366 e. The molecule has 1 aromatic rings. The molecule has 2 rings (SSSR count). The minimum absolute atomic E-state index is 0.0919. The quantitative estimate of drug-likeness (QED) is 0.746. The third kappa shape index (κ3) is 5.13. The molecule has 0 saturated carbocycles. The van der Waals surface area contributed by atoms with Crippen molar-refractivity contribution in [3.05, 3.63) is 35.4 Å². The van der Waals surface area contributed by atoms with Gasteiger partial charge in [0.25, 0.3) is 5.91 Å². The zero-order valence-electron chi connectivity index (χ0n) is 12.5. The molecule has 1 aliphatic heterocycles. The maximum atomic E-state index is 11.9. The predicted octanol–water partition coefficient (Wildman–Crippen LogP) is 1.45. The summed E-state index contributed by atoms with van der Waals surface area (Å²) in [6.45, 7) is 1.86. The lowest BCUT2D eigenvalue weighted by atomic mass is 10.1. The fourth-order valence-corrected chi connectivity index (χ4v) is 2.22. The second-order valence-corrected chi connectivity index (χ2v) is 5.22. The van der Waals surface area contributed by atoms with Crippen LogP contribution in [0.15, 0.2) is 24.3 Å². The molecule has 1 fully saturated rings. The van der Waals surface area contributed by atoms with Crippen molar-refractivity contribution < 1.29 is 19.1 Å². The average molecular weight is 306 g/mol. The number of hydrogen-bond donors (Lipinski definition) is 2. The second-order valence-electron chi connectivity index (χ2n) is 5.22. The van der Waals surface area contributed by atoms with Crippen molar-refractivity contribution in [3.8, 4) is 0 Å². The van der Waals surface area contributed by atoms with Gasteiger partial charge in [-0.15, -0.1) is 0 Å². The molecule has 0 bridgehead atoms. The largest absolute Gasteiger partial charge is 0.366 e. The van der Waals surface area contributed by atoms with Crippen LogP contribution in [0.3, 0.4) is 0 Å². The van der Waals surface area contributed by atoms with E-state index in [0.29, 0.717) is 24.3 Å². The lowest BCUT2D eigenvalue weighted by Gasteiger charge is -2.22. The Hall–Kier alpha value is -1.92. The summed E-state index contributed by atoms with van der Waals surface area (Å²) in [5, 5.41) is 2.81. The van der Waals surface area contributed by atoms with Gasteiger partial charge in [0.15, 0.2) is 6.29 Å². The Labute approximate surface area is 130 Å². The van der Waals surface area contributed by atoms with Crippen LogP contribution in [0.4, 0.5) is 0 Å². The number of nitrogens with one attached hydrogen (secondary N) is 1. The van der Waals surface area contributed by atoms with Gasteiger partial charge in [-0.05, 0) is 49.9 Å². The Kier molecular flexibility index (Phi) is 6.36. The van der Waals surface area contributed by atoms with Crippen LogP contribution in [0.25, 0.3) is 0 Å². The smallest absolute Gasteiger partial charge is 0.251 e. The Balaban J connectivity index is 1.63. The van der Waals surface area contributed by atoms with E-state index in [2.05, 4.69) is 5.32 Å². The van der Waals surface area contributed by atoms with Gasteiger partial charge in [-0.25, -0.2) is 0 Å². The van der Waals surface area contributed by atoms with Crippen LogP contribution in [0, 0.1) is 0 Å². The van der Waals surface area contributed by atoms with E-state index in [9.17, 15) is 9.59 Å². The zero-order chi connectivity index (χ0) is 15.8. The molecule has 22 heavy (non-hydrogen) atoms. The lowest BCUT2D eigenvalue weighted by Crippen LogP contribution is -2.27. The van der Waals surface area contributed by atoms with Gasteiger partial charge in [0.1, 0.15) is 0 Å². The molecule has 1 atom stereocenters. The first-order valence-corrected chi connectivity index (χ1v) is 7.58. The molecule has 0 aromatic heterocycles. The predicted molar refractivity (Wildman–Crippen MR) is 81.5 cm³/mol. The number of carbonyl (C=O) groups excluding carboxylic acids is 2. The van der Waals surface area contributed by atoms with Crippen LogP contribution in [0.1, 0.15) is 46.4 Å². The summed E-state index contributed by atoms with van der Waals surface area (Å²) in [4.78, 5) is 22.9. The average Bonchev–Trinajstić information content (AvgIpc) is 2.55. The van der Waals surface area contributed by atoms with E-state index in [-0.39, 0.29) is 12.2 Å². The van der Waals surface area contributed by atoms with Crippen molar-refractivity contribution in [2.75, 3.05) is 19.8 Å². The number of ether oxygens (including phenoxy) is 2. The molecular formula is C16H22N2O4. The van der Waals surface area contributed by atoms with Gasteiger partial charge in [0.2, 0.25) is 5.91 Å². The molecule has 1 aromatic carbocycles. The van der Waals surface area contributed by atoms with E-state index < -0.39 is 5.91 Å². The fourth-order valence-electron chi connectivity index (χ4n) is 2.22. The molecular weight excluding hydrogens is 284 g/mol. The summed E-state index contributed by atoms with van der Waals surface area (Å²) in [5.41, 5.74) is 6.04. The van der Waals surface area contributed by atoms with E-state index in [1.807, 2.05) is 0 Å². The summed E-state index contributed by atoms with van der Waals surface area (Å²) in [6, 6.07) is 6.26. The lowest BCUT2D eigenvalue weighted by molar-refractivity contribution is -0.162. The van der Waals surface area contributed by atoms with Crippen LogP contribution in [0.5, 0.6) is 0 Å².